The standard InChI is InChI=1S/C30H66N4O13Si2.2C2H4.10CH4/c1-29(2,3)48(7,8)46-17-13-38-19-25(20-39-14-18-47-49(9,10)30(4,5)6)40-15-11-37-12-16-41-26(21-42-44-23-27(35)33-31)22-43-45-24-28(36)34-32;2*1-2;;;;;;;;;;/h25-26H,11-24,31-32H2,1-10H3,(H,33,35)(H,34,36);2*1-2H2;10*1H4. The van der Waals surface area contributed by atoms with Gasteiger partial charge in [-0.25, -0.2) is 31.2 Å². The maximum atomic E-state index is 11.2. The van der Waals surface area contributed by atoms with Crippen molar-refractivity contribution in [1.29, 1.82) is 0 Å². The van der Waals surface area contributed by atoms with Crippen LogP contribution in [0.15, 0.2) is 26.3 Å². The van der Waals surface area contributed by atoms with Crippen LogP contribution in [0, 0.1) is 0 Å². The van der Waals surface area contributed by atoms with Gasteiger partial charge in [-0.3, -0.25) is 20.4 Å². The van der Waals surface area contributed by atoms with E-state index in [1.54, 1.807) is 0 Å². The van der Waals surface area contributed by atoms with Crippen molar-refractivity contribution in [3.05, 3.63) is 26.3 Å². The minimum atomic E-state index is -1.85. The van der Waals surface area contributed by atoms with Gasteiger partial charge in [0, 0.05) is 0 Å². The minimum absolute atomic E-state index is 0. The Morgan fingerprint density at radius 1 is 0.460 bits per heavy atom. The number of amides is 2. The van der Waals surface area contributed by atoms with Crippen molar-refractivity contribution < 1.29 is 61.7 Å². The predicted octanol–water partition coefficient (Wildman–Crippen LogP) is 9.69. The molecule has 0 unspecified atom stereocenters. The average Bonchev–Trinajstić information content (AvgIpc) is 3.10. The van der Waals surface area contributed by atoms with Crippen LogP contribution in [0.2, 0.25) is 36.3 Å². The van der Waals surface area contributed by atoms with E-state index in [2.05, 4.69) is 94.0 Å². The van der Waals surface area contributed by atoms with E-state index in [1.807, 2.05) is 10.9 Å². The van der Waals surface area contributed by atoms with Gasteiger partial charge in [0.05, 0.1) is 66.1 Å². The van der Waals surface area contributed by atoms with Crippen molar-refractivity contribution in [1.82, 2.24) is 10.9 Å². The zero-order chi connectivity index (χ0) is 41.4. The number of nitrogens with one attached hydrogen (secondary N) is 2. The molecule has 0 aliphatic rings. The molecule has 19 heteroatoms. The molecular formula is C44H114N4O13Si2. The summed E-state index contributed by atoms with van der Waals surface area (Å²) < 4.78 is 41.6. The third-order valence-corrected chi connectivity index (χ3v) is 17.2. The highest BCUT2D eigenvalue weighted by Gasteiger charge is 2.37. The Balaban J connectivity index is -0.000000157. The van der Waals surface area contributed by atoms with Gasteiger partial charge >= 0.3 is 0 Å². The van der Waals surface area contributed by atoms with Gasteiger partial charge in [0.2, 0.25) is 0 Å². The number of hydrogen-bond acceptors (Lipinski definition) is 15. The molecule has 0 spiro atoms. The van der Waals surface area contributed by atoms with Gasteiger partial charge in [-0.1, -0.05) is 116 Å². The molecule has 0 bridgehead atoms. The van der Waals surface area contributed by atoms with E-state index in [0.717, 1.165) is 0 Å². The van der Waals surface area contributed by atoms with Gasteiger partial charge in [0.25, 0.3) is 11.8 Å². The molecular weight excluding hydrogens is 849 g/mol. The predicted molar refractivity (Wildman–Crippen MR) is 277 cm³/mol. The van der Waals surface area contributed by atoms with Crippen molar-refractivity contribution in [3.63, 3.8) is 0 Å². The molecule has 2 amide bonds. The van der Waals surface area contributed by atoms with Crippen LogP contribution in [-0.4, -0.2) is 133 Å². The summed E-state index contributed by atoms with van der Waals surface area (Å²) in [4.78, 5) is 41.8. The molecule has 0 heterocycles. The van der Waals surface area contributed by atoms with E-state index in [4.69, 9.17) is 63.8 Å². The second kappa shape index (κ2) is 56.5. The molecule has 0 aromatic heterocycles. The first-order chi connectivity index (χ1) is 24.9. The number of hydrogen-bond donors (Lipinski definition) is 4. The van der Waals surface area contributed by atoms with Gasteiger partial charge in [-0.2, -0.15) is 0 Å². The summed E-state index contributed by atoms with van der Waals surface area (Å²) in [5.41, 5.74) is 3.82. The molecule has 0 aliphatic carbocycles. The summed E-state index contributed by atoms with van der Waals surface area (Å²) in [6.45, 7) is 36.7. The molecule has 6 N–H and O–H groups in total. The average molecular weight is 964 g/mol. The summed E-state index contributed by atoms with van der Waals surface area (Å²) in [6, 6.07) is 0. The van der Waals surface area contributed by atoms with Crippen molar-refractivity contribution in [2.45, 2.75) is 164 Å². The zero-order valence-electron chi connectivity index (χ0n) is 34.3. The monoisotopic (exact) mass is 963 g/mol. The van der Waals surface area contributed by atoms with Gasteiger partial charge in [-0.05, 0) is 36.3 Å². The van der Waals surface area contributed by atoms with E-state index in [1.165, 1.54) is 0 Å². The molecule has 0 aromatic carbocycles. The molecule has 0 atom stereocenters. The first-order valence-electron chi connectivity index (χ1n) is 17.6. The highest BCUT2D eigenvalue weighted by molar-refractivity contribution is 6.74. The van der Waals surface area contributed by atoms with E-state index in [-0.39, 0.29) is 117 Å². The molecule has 0 aromatic rings. The number of carbonyl (C=O) groups excluding carboxylic acids is 2. The molecule has 63 heavy (non-hydrogen) atoms. The fraction of sp³-hybridized carbons (Fsp3) is 0.864. The number of rotatable bonds is 30. The van der Waals surface area contributed by atoms with Crippen LogP contribution in [0.5, 0.6) is 0 Å². The molecule has 0 saturated heterocycles. The summed E-state index contributed by atoms with van der Waals surface area (Å²) >= 11 is 0. The lowest BCUT2D eigenvalue weighted by Crippen LogP contribution is -2.42. The second-order valence-electron chi connectivity index (χ2n) is 14.2. The van der Waals surface area contributed by atoms with Gasteiger partial charge in [0.15, 0.2) is 29.8 Å². The molecule has 17 nitrogen and oxygen atoms in total. The van der Waals surface area contributed by atoms with E-state index >= 15 is 0 Å². The Bertz CT molecular complexity index is 854. The Kier molecular flexibility index (Phi) is 85.7. The molecule has 0 fully saturated rings. The maximum absolute atomic E-state index is 11.2. The summed E-state index contributed by atoms with van der Waals surface area (Å²) in [7, 11) is -3.70. The SMILES string of the molecule is C.C.C.C.C.C.C.C.C.C.C=C.C=C.CC(C)(C)[Si](C)(C)OCCOCC(COCCO[Si](C)(C)C(C)(C)C)OCCOCCOC(COOCC(=O)NN)COOCC(=O)NN. The van der Waals surface area contributed by atoms with Crippen molar-refractivity contribution in [2.24, 2.45) is 11.7 Å². The van der Waals surface area contributed by atoms with Crippen LogP contribution >= 0.6 is 0 Å². The largest absolute Gasteiger partial charge is 0.414 e. The second-order valence-corrected chi connectivity index (χ2v) is 23.8. The van der Waals surface area contributed by atoms with Crippen LogP contribution in [-0.2, 0) is 61.7 Å². The van der Waals surface area contributed by atoms with Gasteiger partial charge in [-0.15, -0.1) is 26.3 Å². The molecule has 0 rings (SSSR count). The highest BCUT2D eigenvalue weighted by atomic mass is 28.4. The fourth-order valence-electron chi connectivity index (χ4n) is 3.03. The van der Waals surface area contributed by atoms with Crippen LogP contribution in [0.3, 0.4) is 0 Å². The summed E-state index contributed by atoms with van der Waals surface area (Å²) in [5.74, 6) is 8.84. The van der Waals surface area contributed by atoms with Crippen molar-refractivity contribution in [2.75, 3.05) is 92.5 Å². The van der Waals surface area contributed by atoms with E-state index in [0.29, 0.717) is 52.9 Å². The highest BCUT2D eigenvalue weighted by Crippen LogP contribution is 2.37. The maximum Gasteiger partial charge on any atom is 0.263 e. The zero-order valence-corrected chi connectivity index (χ0v) is 36.3. The number of nitrogens with two attached hydrogens (primary N) is 2. The lowest BCUT2D eigenvalue weighted by Gasteiger charge is -2.36. The van der Waals surface area contributed by atoms with Crippen molar-refractivity contribution >= 4 is 28.4 Å². The fourth-order valence-corrected chi connectivity index (χ4v) is 5.09. The van der Waals surface area contributed by atoms with E-state index in [9.17, 15) is 9.59 Å². The Labute approximate surface area is 394 Å². The normalized spacial score (nSPS) is 10.3. The van der Waals surface area contributed by atoms with Crippen LogP contribution in [0.25, 0.3) is 0 Å². The minimum Gasteiger partial charge on any atom is -0.414 e. The number of carbonyl (C=O) groups is 2. The number of hydrazine groups is 2. The van der Waals surface area contributed by atoms with Crippen LogP contribution in [0.1, 0.15) is 116 Å². The van der Waals surface area contributed by atoms with E-state index < -0.39 is 47.8 Å². The first-order valence-corrected chi connectivity index (χ1v) is 23.4. The quantitative estimate of drug-likeness (QED) is 0.0100. The third-order valence-electron chi connectivity index (χ3n) is 8.14. The van der Waals surface area contributed by atoms with Gasteiger partial charge in [0.1, 0.15) is 25.4 Å². The summed E-state index contributed by atoms with van der Waals surface area (Å²) in [6.07, 6.45) is -0.983. The molecule has 0 saturated carbocycles. The molecule has 0 radical (unpaired) electrons. The smallest absolute Gasteiger partial charge is 0.263 e. The first kappa shape index (κ1) is 95.6. The number of ether oxygens (including phenoxy) is 5. The van der Waals surface area contributed by atoms with Crippen LogP contribution in [0.4, 0.5) is 0 Å². The lowest BCUT2D eigenvalue weighted by atomic mass is 10.2. The topological polar surface area (TPSA) is 212 Å². The van der Waals surface area contributed by atoms with Crippen molar-refractivity contribution in [3.8, 4) is 0 Å². The molecule has 0 aliphatic heterocycles. The van der Waals surface area contributed by atoms with Crippen LogP contribution < -0.4 is 22.5 Å². The molecule has 396 valence electrons. The Morgan fingerprint density at radius 2 is 0.730 bits per heavy atom. The Hall–Kier alpha value is -1.67. The lowest BCUT2D eigenvalue weighted by molar-refractivity contribution is -0.330. The van der Waals surface area contributed by atoms with Gasteiger partial charge < -0.3 is 32.5 Å². The summed E-state index contributed by atoms with van der Waals surface area (Å²) in [5, 5.41) is 0.257. The Morgan fingerprint density at radius 3 is 1.00 bits per heavy atom. The third kappa shape index (κ3) is 52.8.